The van der Waals surface area contributed by atoms with E-state index in [0.29, 0.717) is 17.7 Å². The first-order valence-electron chi connectivity index (χ1n) is 8.08. The zero-order valence-corrected chi connectivity index (χ0v) is 13.8. The number of hydrogen-bond acceptors (Lipinski definition) is 3. The van der Waals surface area contributed by atoms with E-state index in [1.807, 2.05) is 6.92 Å². The molecule has 25 heavy (non-hydrogen) atoms. The van der Waals surface area contributed by atoms with Gasteiger partial charge < -0.3 is 14.7 Å². The van der Waals surface area contributed by atoms with E-state index in [9.17, 15) is 18.7 Å². The first-order valence-corrected chi connectivity index (χ1v) is 8.08. The molecule has 132 valence electrons. The maximum Gasteiger partial charge on any atom is 0.257 e. The molecule has 0 saturated carbocycles. The van der Waals surface area contributed by atoms with Crippen LogP contribution < -0.4 is 0 Å². The van der Waals surface area contributed by atoms with Gasteiger partial charge in [0.15, 0.2) is 0 Å². The molecular formula is C19H19F2NO3. The van der Waals surface area contributed by atoms with Gasteiger partial charge in [-0.1, -0.05) is 18.2 Å². The Labute approximate surface area is 144 Å². The fourth-order valence-corrected chi connectivity index (χ4v) is 2.88. The first-order chi connectivity index (χ1) is 12.0. The van der Waals surface area contributed by atoms with Gasteiger partial charge in [-0.05, 0) is 42.3 Å². The molecule has 1 N–H and O–H groups in total. The molecule has 2 atom stereocenters. The van der Waals surface area contributed by atoms with E-state index in [-0.39, 0.29) is 30.6 Å². The van der Waals surface area contributed by atoms with Gasteiger partial charge in [-0.25, -0.2) is 8.78 Å². The van der Waals surface area contributed by atoms with Gasteiger partial charge in [0.2, 0.25) is 0 Å². The van der Waals surface area contributed by atoms with Crippen molar-refractivity contribution in [1.82, 2.24) is 4.90 Å². The van der Waals surface area contributed by atoms with Gasteiger partial charge in [0, 0.05) is 6.54 Å². The predicted molar refractivity (Wildman–Crippen MR) is 89.1 cm³/mol. The van der Waals surface area contributed by atoms with Crippen molar-refractivity contribution in [2.24, 2.45) is 0 Å². The van der Waals surface area contributed by atoms with Crippen LogP contribution in [0.2, 0.25) is 0 Å². The summed E-state index contributed by atoms with van der Waals surface area (Å²) in [7, 11) is 0. The quantitative estimate of drug-likeness (QED) is 0.929. The van der Waals surface area contributed by atoms with Crippen LogP contribution >= 0.6 is 0 Å². The Morgan fingerprint density at radius 1 is 1.20 bits per heavy atom. The zero-order valence-electron chi connectivity index (χ0n) is 13.8. The van der Waals surface area contributed by atoms with Gasteiger partial charge >= 0.3 is 0 Å². The second-order valence-corrected chi connectivity index (χ2v) is 6.15. The van der Waals surface area contributed by atoms with E-state index in [2.05, 4.69) is 0 Å². The fourth-order valence-electron chi connectivity index (χ4n) is 2.88. The van der Waals surface area contributed by atoms with E-state index in [1.54, 1.807) is 18.2 Å². The van der Waals surface area contributed by atoms with Gasteiger partial charge in [-0.15, -0.1) is 0 Å². The summed E-state index contributed by atoms with van der Waals surface area (Å²) in [6.07, 6.45) is -0.457. The minimum absolute atomic E-state index is 0.0312. The molecule has 1 aliphatic heterocycles. The fraction of sp³-hybridized carbons (Fsp3) is 0.316. The van der Waals surface area contributed by atoms with E-state index in [1.165, 1.54) is 29.2 Å². The number of carbonyl (C=O) groups is 1. The summed E-state index contributed by atoms with van der Waals surface area (Å²) in [5.41, 5.74) is 1.20. The molecule has 2 unspecified atom stereocenters. The average Bonchev–Trinajstić information content (AvgIpc) is 2.62. The highest BCUT2D eigenvalue weighted by Crippen LogP contribution is 2.24. The van der Waals surface area contributed by atoms with Crippen LogP contribution in [-0.4, -0.2) is 47.8 Å². The maximum atomic E-state index is 14.5. The van der Waals surface area contributed by atoms with Crippen LogP contribution in [-0.2, 0) is 4.74 Å². The number of morpholine rings is 1. The summed E-state index contributed by atoms with van der Waals surface area (Å²) in [5.74, 6) is -1.43. The summed E-state index contributed by atoms with van der Waals surface area (Å²) < 4.78 is 32.9. The molecule has 0 aliphatic carbocycles. The Hall–Kier alpha value is -2.31. The van der Waals surface area contributed by atoms with Crippen molar-refractivity contribution in [2.75, 3.05) is 19.8 Å². The standard InChI is InChI=1S/C19H19F2NO3/c1-12-11-25-16(10-23)9-22(12)19(24)17-7-4-14(8-18(17)21)13-2-5-15(20)6-3-13/h2-8,12,16,23H,9-11H2,1H3. The summed E-state index contributed by atoms with van der Waals surface area (Å²) >= 11 is 0. The van der Waals surface area contributed by atoms with Crippen molar-refractivity contribution < 1.29 is 23.4 Å². The lowest BCUT2D eigenvalue weighted by molar-refractivity contribution is -0.0668. The molecule has 3 rings (SSSR count). The minimum Gasteiger partial charge on any atom is -0.394 e. The Bertz CT molecular complexity index is 764. The lowest BCUT2D eigenvalue weighted by Crippen LogP contribution is -2.52. The zero-order chi connectivity index (χ0) is 18.0. The van der Waals surface area contributed by atoms with Gasteiger partial charge in [0.1, 0.15) is 11.6 Å². The highest BCUT2D eigenvalue weighted by Gasteiger charge is 2.31. The third-order valence-electron chi connectivity index (χ3n) is 4.35. The number of benzene rings is 2. The maximum absolute atomic E-state index is 14.5. The number of amides is 1. The first kappa shape index (κ1) is 17.5. The van der Waals surface area contributed by atoms with Gasteiger partial charge in [0.25, 0.3) is 5.91 Å². The number of rotatable bonds is 3. The van der Waals surface area contributed by atoms with E-state index >= 15 is 0 Å². The molecule has 4 nitrogen and oxygen atoms in total. The largest absolute Gasteiger partial charge is 0.394 e. The van der Waals surface area contributed by atoms with Crippen LogP contribution in [0.4, 0.5) is 8.78 Å². The van der Waals surface area contributed by atoms with Crippen molar-refractivity contribution in [3.8, 4) is 11.1 Å². The van der Waals surface area contributed by atoms with Gasteiger partial charge in [-0.3, -0.25) is 4.79 Å². The topological polar surface area (TPSA) is 49.8 Å². The summed E-state index contributed by atoms with van der Waals surface area (Å²) in [4.78, 5) is 14.2. The second-order valence-electron chi connectivity index (χ2n) is 6.15. The number of carbonyl (C=O) groups excluding carboxylic acids is 1. The molecular weight excluding hydrogens is 328 g/mol. The van der Waals surface area contributed by atoms with E-state index in [4.69, 9.17) is 4.74 Å². The Balaban J connectivity index is 1.85. The molecule has 0 radical (unpaired) electrons. The average molecular weight is 347 g/mol. The van der Waals surface area contributed by atoms with Crippen LogP contribution in [0, 0.1) is 11.6 Å². The molecule has 1 fully saturated rings. The molecule has 6 heteroatoms. The third-order valence-corrected chi connectivity index (χ3v) is 4.35. The number of nitrogens with zero attached hydrogens (tertiary/aromatic N) is 1. The monoisotopic (exact) mass is 347 g/mol. The predicted octanol–water partition coefficient (Wildman–Crippen LogP) is 2.85. The highest BCUT2D eigenvalue weighted by molar-refractivity contribution is 5.95. The Morgan fingerprint density at radius 3 is 2.52 bits per heavy atom. The van der Waals surface area contributed by atoms with Crippen LogP contribution in [0.25, 0.3) is 11.1 Å². The highest BCUT2D eigenvalue weighted by atomic mass is 19.1. The molecule has 2 aromatic rings. The Kier molecular flexibility index (Phi) is 5.11. The van der Waals surface area contributed by atoms with Crippen molar-refractivity contribution in [3.05, 3.63) is 59.7 Å². The van der Waals surface area contributed by atoms with Gasteiger partial charge in [-0.2, -0.15) is 0 Å². The number of ether oxygens (including phenoxy) is 1. The van der Waals surface area contributed by atoms with E-state index < -0.39 is 17.8 Å². The summed E-state index contributed by atoms with van der Waals surface area (Å²) in [6, 6.07) is 9.86. The minimum atomic E-state index is -0.633. The molecule has 1 amide bonds. The normalized spacial score (nSPS) is 20.6. The van der Waals surface area contributed by atoms with E-state index in [0.717, 1.165) is 0 Å². The summed E-state index contributed by atoms with van der Waals surface area (Å²) in [5, 5.41) is 9.22. The van der Waals surface area contributed by atoms with Crippen LogP contribution in [0.1, 0.15) is 17.3 Å². The lowest BCUT2D eigenvalue weighted by Gasteiger charge is -2.37. The van der Waals surface area contributed by atoms with Crippen molar-refractivity contribution in [3.63, 3.8) is 0 Å². The molecule has 0 bridgehead atoms. The van der Waals surface area contributed by atoms with Gasteiger partial charge in [0.05, 0.1) is 30.9 Å². The molecule has 1 heterocycles. The van der Waals surface area contributed by atoms with Crippen molar-refractivity contribution in [2.45, 2.75) is 19.1 Å². The van der Waals surface area contributed by atoms with Crippen LogP contribution in [0.5, 0.6) is 0 Å². The number of aliphatic hydroxyl groups excluding tert-OH is 1. The smallest absolute Gasteiger partial charge is 0.257 e. The number of hydrogen-bond donors (Lipinski definition) is 1. The molecule has 1 aliphatic rings. The SMILES string of the molecule is CC1COC(CO)CN1C(=O)c1ccc(-c2ccc(F)cc2)cc1F. The molecule has 1 saturated heterocycles. The molecule has 2 aromatic carbocycles. The van der Waals surface area contributed by atoms with Crippen LogP contribution in [0.15, 0.2) is 42.5 Å². The third kappa shape index (κ3) is 3.70. The van der Waals surface area contributed by atoms with Crippen LogP contribution in [0.3, 0.4) is 0 Å². The van der Waals surface area contributed by atoms with Crippen molar-refractivity contribution in [1.29, 1.82) is 0 Å². The van der Waals surface area contributed by atoms with Crippen molar-refractivity contribution >= 4 is 5.91 Å². The lowest BCUT2D eigenvalue weighted by atomic mass is 10.0. The number of aliphatic hydroxyl groups is 1. The summed E-state index contributed by atoms with van der Waals surface area (Å²) in [6.45, 7) is 2.14. The molecule has 0 spiro atoms. The molecule has 0 aromatic heterocycles. The second kappa shape index (κ2) is 7.29. The Morgan fingerprint density at radius 2 is 1.88 bits per heavy atom. The number of halogens is 2.